The first-order valence-electron chi connectivity index (χ1n) is 8.55. The molecule has 0 spiro atoms. The fraction of sp³-hybridized carbons (Fsp3) is 0.550. The molecule has 0 aromatic heterocycles. The Morgan fingerprint density at radius 1 is 1.15 bits per heavy atom. The van der Waals surface area contributed by atoms with Crippen LogP contribution in [0.5, 0.6) is 11.5 Å². The van der Waals surface area contributed by atoms with E-state index in [1.807, 2.05) is 26.0 Å². The van der Waals surface area contributed by atoms with Crippen LogP contribution in [0.2, 0.25) is 0 Å². The third-order valence-corrected chi connectivity index (χ3v) is 4.52. The minimum absolute atomic E-state index is 0.0111. The van der Waals surface area contributed by atoms with Crippen LogP contribution in [0.1, 0.15) is 31.9 Å². The molecule has 1 aromatic rings. The van der Waals surface area contributed by atoms with Gasteiger partial charge in [-0.05, 0) is 17.7 Å². The Kier molecular flexibility index (Phi) is 9.16. The van der Waals surface area contributed by atoms with E-state index in [1.165, 1.54) is 14.2 Å². The summed E-state index contributed by atoms with van der Waals surface area (Å²) < 4.78 is 21.3. The second kappa shape index (κ2) is 10.8. The molecule has 0 saturated heterocycles. The largest absolute Gasteiger partial charge is 0.504 e. The van der Waals surface area contributed by atoms with Gasteiger partial charge in [0, 0.05) is 26.1 Å². The van der Waals surface area contributed by atoms with E-state index in [-0.39, 0.29) is 42.2 Å². The van der Waals surface area contributed by atoms with E-state index < -0.39 is 0 Å². The van der Waals surface area contributed by atoms with Gasteiger partial charge in [0.1, 0.15) is 0 Å². The fourth-order valence-electron chi connectivity index (χ4n) is 3.18. The highest BCUT2D eigenvalue weighted by atomic mass is 16.5. The number of ether oxygens (including phenoxy) is 4. The summed E-state index contributed by atoms with van der Waals surface area (Å²) in [5, 5.41) is 9.80. The summed E-state index contributed by atoms with van der Waals surface area (Å²) in [5.41, 5.74) is 0.891. The van der Waals surface area contributed by atoms with Crippen molar-refractivity contribution < 1.29 is 28.8 Å². The van der Waals surface area contributed by atoms with Crippen molar-refractivity contribution in [3.63, 3.8) is 0 Å². The average Bonchev–Trinajstić information content (AvgIpc) is 2.64. The molecule has 0 heterocycles. The van der Waals surface area contributed by atoms with E-state index in [1.54, 1.807) is 32.4 Å². The van der Waals surface area contributed by atoms with Gasteiger partial charge >= 0.3 is 5.97 Å². The van der Waals surface area contributed by atoms with E-state index in [0.29, 0.717) is 5.75 Å². The number of carbonyl (C=O) groups excluding carboxylic acids is 1. The van der Waals surface area contributed by atoms with Crippen LogP contribution >= 0.6 is 0 Å². The normalized spacial score (nSPS) is 16.1. The molecule has 1 rings (SSSR count). The molecule has 0 aliphatic carbocycles. The molecule has 26 heavy (non-hydrogen) atoms. The van der Waals surface area contributed by atoms with E-state index in [4.69, 9.17) is 14.2 Å². The number of aromatic hydroxyl groups is 1. The zero-order valence-corrected chi connectivity index (χ0v) is 16.4. The number of esters is 1. The third kappa shape index (κ3) is 5.75. The lowest BCUT2D eigenvalue weighted by atomic mass is 9.85. The van der Waals surface area contributed by atoms with E-state index in [2.05, 4.69) is 4.74 Å². The molecule has 4 atom stereocenters. The fourth-order valence-corrected chi connectivity index (χ4v) is 3.18. The number of benzene rings is 1. The molecule has 0 unspecified atom stereocenters. The highest BCUT2D eigenvalue weighted by Crippen LogP contribution is 2.36. The zero-order chi connectivity index (χ0) is 19.7. The maximum Gasteiger partial charge on any atom is 0.309 e. The smallest absolute Gasteiger partial charge is 0.309 e. The highest BCUT2D eigenvalue weighted by molar-refractivity contribution is 5.70. The predicted molar refractivity (Wildman–Crippen MR) is 99.3 cm³/mol. The van der Waals surface area contributed by atoms with Crippen LogP contribution in [0.3, 0.4) is 0 Å². The first-order chi connectivity index (χ1) is 12.4. The molecule has 0 amide bonds. The Bertz CT molecular complexity index is 598. The SMILES string of the molecule is COC(=O)C/C=C/[C@H](C)[C@@H](OC)[C@@H](C)[C@H](OC)c1ccc(O)c(OC)c1. The van der Waals surface area contributed by atoms with Crippen molar-refractivity contribution in [2.45, 2.75) is 32.5 Å². The van der Waals surface area contributed by atoms with Crippen LogP contribution in [0, 0.1) is 11.8 Å². The van der Waals surface area contributed by atoms with Gasteiger partial charge in [-0.15, -0.1) is 0 Å². The molecule has 0 radical (unpaired) electrons. The van der Waals surface area contributed by atoms with Crippen molar-refractivity contribution in [1.82, 2.24) is 0 Å². The van der Waals surface area contributed by atoms with E-state index in [9.17, 15) is 9.90 Å². The van der Waals surface area contributed by atoms with Gasteiger partial charge in [-0.25, -0.2) is 0 Å². The first kappa shape index (κ1) is 22.0. The second-order valence-corrected chi connectivity index (χ2v) is 6.21. The molecule has 0 saturated carbocycles. The van der Waals surface area contributed by atoms with Crippen molar-refractivity contribution >= 4 is 5.97 Å². The molecule has 1 aromatic carbocycles. The van der Waals surface area contributed by atoms with Crippen molar-refractivity contribution in [1.29, 1.82) is 0 Å². The topological polar surface area (TPSA) is 74.2 Å². The summed E-state index contributed by atoms with van der Waals surface area (Å²) in [5.74, 6) is 0.285. The molecule has 0 fully saturated rings. The molecular weight excluding hydrogens is 336 g/mol. The lowest BCUT2D eigenvalue weighted by Crippen LogP contribution is -2.32. The van der Waals surface area contributed by atoms with Crippen LogP contribution in [0.25, 0.3) is 0 Å². The maximum atomic E-state index is 11.2. The van der Waals surface area contributed by atoms with Gasteiger partial charge in [0.05, 0.1) is 32.8 Å². The van der Waals surface area contributed by atoms with Crippen molar-refractivity contribution in [2.24, 2.45) is 11.8 Å². The Labute approximate surface area is 155 Å². The summed E-state index contributed by atoms with van der Waals surface area (Å²) >= 11 is 0. The number of hydrogen-bond donors (Lipinski definition) is 1. The highest BCUT2D eigenvalue weighted by Gasteiger charge is 2.30. The predicted octanol–water partition coefficient (Wildman–Crippen LogP) is 3.49. The monoisotopic (exact) mass is 366 g/mol. The van der Waals surface area contributed by atoms with Crippen LogP contribution in [0.4, 0.5) is 0 Å². The Morgan fingerprint density at radius 2 is 1.85 bits per heavy atom. The standard InChI is InChI=1S/C20H30O6/c1-13(8-7-9-18(22)24-4)19(25-5)14(2)20(26-6)15-10-11-16(21)17(12-15)23-3/h7-8,10-14,19-21H,9H2,1-6H3/b8-7+/t13-,14+,19+,20-/m0/s1. The number of phenolic OH excluding ortho intramolecular Hbond substituents is 1. The maximum absolute atomic E-state index is 11.2. The van der Waals surface area contributed by atoms with Crippen molar-refractivity contribution in [3.8, 4) is 11.5 Å². The summed E-state index contributed by atoms with van der Waals surface area (Å²) in [6.45, 7) is 4.08. The number of phenols is 1. The molecule has 6 heteroatoms. The van der Waals surface area contributed by atoms with Crippen LogP contribution in [-0.2, 0) is 19.0 Å². The van der Waals surface area contributed by atoms with Crippen molar-refractivity contribution in [3.05, 3.63) is 35.9 Å². The minimum atomic E-state index is -0.276. The third-order valence-electron chi connectivity index (χ3n) is 4.52. The molecular formula is C20H30O6. The zero-order valence-electron chi connectivity index (χ0n) is 16.4. The molecule has 1 N–H and O–H groups in total. The van der Waals surface area contributed by atoms with Gasteiger partial charge in [0.25, 0.3) is 0 Å². The molecule has 0 aliphatic rings. The molecule has 6 nitrogen and oxygen atoms in total. The van der Waals surface area contributed by atoms with Gasteiger partial charge in [-0.2, -0.15) is 0 Å². The average molecular weight is 366 g/mol. The van der Waals surface area contributed by atoms with Crippen molar-refractivity contribution in [2.75, 3.05) is 28.4 Å². The lowest BCUT2D eigenvalue weighted by Gasteiger charge is -2.32. The molecule has 146 valence electrons. The molecule has 0 bridgehead atoms. The summed E-state index contributed by atoms with van der Waals surface area (Å²) in [7, 11) is 6.19. The van der Waals surface area contributed by atoms with E-state index >= 15 is 0 Å². The van der Waals surface area contributed by atoms with Gasteiger partial charge in [-0.1, -0.05) is 32.1 Å². The number of rotatable bonds is 10. The molecule has 0 aliphatic heterocycles. The van der Waals surface area contributed by atoms with Crippen LogP contribution < -0.4 is 4.74 Å². The van der Waals surface area contributed by atoms with Crippen LogP contribution in [0.15, 0.2) is 30.4 Å². The number of methoxy groups -OCH3 is 4. The number of carbonyl (C=O) groups is 1. The van der Waals surface area contributed by atoms with Gasteiger partial charge in [0.15, 0.2) is 11.5 Å². The Morgan fingerprint density at radius 3 is 2.38 bits per heavy atom. The number of hydrogen-bond acceptors (Lipinski definition) is 6. The second-order valence-electron chi connectivity index (χ2n) is 6.21. The summed E-state index contributed by atoms with van der Waals surface area (Å²) in [4.78, 5) is 11.2. The van der Waals surface area contributed by atoms with E-state index in [0.717, 1.165) is 5.56 Å². The van der Waals surface area contributed by atoms with Gasteiger partial charge in [0.2, 0.25) is 0 Å². The first-order valence-corrected chi connectivity index (χ1v) is 8.55. The van der Waals surface area contributed by atoms with Gasteiger partial charge < -0.3 is 24.1 Å². The van der Waals surface area contributed by atoms with Crippen LogP contribution in [-0.4, -0.2) is 45.6 Å². The summed E-state index contributed by atoms with van der Waals surface area (Å²) in [6.07, 6.45) is 3.60. The van der Waals surface area contributed by atoms with Gasteiger partial charge in [-0.3, -0.25) is 4.79 Å². The Hall–Kier alpha value is -2.05. The lowest BCUT2D eigenvalue weighted by molar-refractivity contribution is -0.139. The Balaban J connectivity index is 2.95. The minimum Gasteiger partial charge on any atom is -0.504 e. The quantitative estimate of drug-likeness (QED) is 0.505. The summed E-state index contributed by atoms with van der Waals surface area (Å²) in [6, 6.07) is 5.17.